The summed E-state index contributed by atoms with van der Waals surface area (Å²) in [6, 6.07) is 0. The van der Waals surface area contributed by atoms with E-state index in [0.29, 0.717) is 0 Å². The number of hydrogen-bond donors (Lipinski definition) is 1. The maximum absolute atomic E-state index is 5.04. The van der Waals surface area contributed by atoms with E-state index in [1.807, 2.05) is 0 Å². The summed E-state index contributed by atoms with van der Waals surface area (Å²) < 4.78 is 5.04. The minimum Gasteiger partial charge on any atom is -0.383 e. The van der Waals surface area contributed by atoms with E-state index in [9.17, 15) is 0 Å². The number of hydrogen-bond acceptors (Lipinski definition) is 2. The van der Waals surface area contributed by atoms with E-state index in [-0.39, 0.29) is 0 Å². The molecule has 1 N–H and O–H groups in total. The largest absolute Gasteiger partial charge is 0.383 e. The highest BCUT2D eigenvalue weighted by molar-refractivity contribution is 4.67. The summed E-state index contributed by atoms with van der Waals surface area (Å²) >= 11 is 0. The zero-order chi connectivity index (χ0) is 12.2. The zero-order valence-corrected chi connectivity index (χ0v) is 11.7. The maximum Gasteiger partial charge on any atom is 0.0587 e. The Bertz CT molecular complexity index is 135. The maximum atomic E-state index is 5.04. The van der Waals surface area contributed by atoms with Gasteiger partial charge in [0.2, 0.25) is 0 Å². The van der Waals surface area contributed by atoms with Crippen molar-refractivity contribution >= 4 is 0 Å². The Morgan fingerprint density at radius 1 is 1.06 bits per heavy atom. The van der Waals surface area contributed by atoms with Gasteiger partial charge in [0.1, 0.15) is 0 Å². The number of methoxy groups -OCH3 is 1. The Morgan fingerprint density at radius 2 is 1.75 bits per heavy atom. The van der Waals surface area contributed by atoms with Crippen LogP contribution in [0.15, 0.2) is 0 Å². The van der Waals surface area contributed by atoms with Crippen LogP contribution in [-0.2, 0) is 4.74 Å². The van der Waals surface area contributed by atoms with E-state index >= 15 is 0 Å². The van der Waals surface area contributed by atoms with Gasteiger partial charge in [-0.3, -0.25) is 0 Å². The van der Waals surface area contributed by atoms with E-state index < -0.39 is 0 Å². The summed E-state index contributed by atoms with van der Waals surface area (Å²) in [4.78, 5) is 0. The van der Waals surface area contributed by atoms with Gasteiger partial charge in [0.15, 0.2) is 0 Å². The molecule has 98 valence electrons. The topological polar surface area (TPSA) is 21.3 Å². The molecule has 2 heteroatoms. The fourth-order valence-electron chi connectivity index (χ4n) is 2.29. The molecule has 0 aliphatic carbocycles. The monoisotopic (exact) mass is 229 g/mol. The summed E-state index contributed by atoms with van der Waals surface area (Å²) in [7, 11) is 1.76. The fourth-order valence-corrected chi connectivity index (χ4v) is 2.29. The first-order chi connectivity index (χ1) is 7.78. The first kappa shape index (κ1) is 15.9. The van der Waals surface area contributed by atoms with E-state index in [1.54, 1.807) is 7.11 Å². The predicted octanol–water partition coefficient (Wildman–Crippen LogP) is 3.47. The van der Waals surface area contributed by atoms with Gasteiger partial charge in [-0.25, -0.2) is 0 Å². The van der Waals surface area contributed by atoms with E-state index in [2.05, 4.69) is 26.1 Å². The van der Waals surface area contributed by atoms with Crippen LogP contribution in [0.5, 0.6) is 0 Å². The van der Waals surface area contributed by atoms with Crippen LogP contribution in [0.3, 0.4) is 0 Å². The Hall–Kier alpha value is -0.0800. The molecule has 1 atom stereocenters. The van der Waals surface area contributed by atoms with Gasteiger partial charge in [0.25, 0.3) is 0 Å². The van der Waals surface area contributed by atoms with Crippen molar-refractivity contribution in [3.63, 3.8) is 0 Å². The molecule has 2 nitrogen and oxygen atoms in total. The van der Waals surface area contributed by atoms with Gasteiger partial charge in [0.05, 0.1) is 6.61 Å². The van der Waals surface area contributed by atoms with Crippen molar-refractivity contribution in [2.45, 2.75) is 52.9 Å². The Balaban J connectivity index is 3.76. The van der Waals surface area contributed by atoms with Crippen molar-refractivity contribution in [2.24, 2.45) is 11.8 Å². The first-order valence-electron chi connectivity index (χ1n) is 6.97. The quantitative estimate of drug-likeness (QED) is 0.548. The van der Waals surface area contributed by atoms with Crippen LogP contribution in [-0.4, -0.2) is 26.8 Å². The van der Waals surface area contributed by atoms with Crippen LogP contribution >= 0.6 is 0 Å². The zero-order valence-electron chi connectivity index (χ0n) is 11.7. The van der Waals surface area contributed by atoms with Gasteiger partial charge in [0, 0.05) is 13.7 Å². The lowest BCUT2D eigenvalue weighted by Crippen LogP contribution is -2.27. The molecule has 0 rings (SSSR count). The summed E-state index contributed by atoms with van der Waals surface area (Å²) in [5, 5.41) is 3.50. The highest BCUT2D eigenvalue weighted by atomic mass is 16.5. The van der Waals surface area contributed by atoms with Gasteiger partial charge < -0.3 is 10.1 Å². The normalized spacial score (nSPS) is 13.3. The Morgan fingerprint density at radius 3 is 2.25 bits per heavy atom. The molecule has 0 amide bonds. The number of ether oxygens (including phenoxy) is 1. The van der Waals surface area contributed by atoms with Crippen molar-refractivity contribution in [3.05, 3.63) is 0 Å². The second-order valence-corrected chi connectivity index (χ2v) is 4.77. The van der Waals surface area contributed by atoms with Gasteiger partial charge >= 0.3 is 0 Å². The lowest BCUT2D eigenvalue weighted by Gasteiger charge is -2.22. The molecule has 0 aliphatic rings. The van der Waals surface area contributed by atoms with Crippen LogP contribution in [0.1, 0.15) is 52.9 Å². The average Bonchev–Trinajstić information content (AvgIpc) is 2.31. The molecule has 0 bridgehead atoms. The highest BCUT2D eigenvalue weighted by Crippen LogP contribution is 2.21. The van der Waals surface area contributed by atoms with Gasteiger partial charge in [-0.05, 0) is 31.2 Å². The third-order valence-corrected chi connectivity index (χ3v) is 3.43. The number of nitrogens with one attached hydrogen (secondary N) is 1. The molecule has 0 fully saturated rings. The second-order valence-electron chi connectivity index (χ2n) is 4.77. The van der Waals surface area contributed by atoms with Crippen LogP contribution < -0.4 is 5.32 Å². The van der Waals surface area contributed by atoms with Crippen molar-refractivity contribution < 1.29 is 4.74 Å². The molecular formula is C14H31NO. The Kier molecular flexibility index (Phi) is 11.3. The minimum absolute atomic E-state index is 0.823. The fraction of sp³-hybridized carbons (Fsp3) is 1.00. The van der Waals surface area contributed by atoms with Crippen molar-refractivity contribution in [3.8, 4) is 0 Å². The summed E-state index contributed by atoms with van der Waals surface area (Å²) in [6.07, 6.45) is 6.71. The first-order valence-corrected chi connectivity index (χ1v) is 6.97. The predicted molar refractivity (Wildman–Crippen MR) is 71.8 cm³/mol. The second kappa shape index (κ2) is 11.4. The molecule has 0 aromatic rings. The van der Waals surface area contributed by atoms with Crippen molar-refractivity contribution in [1.29, 1.82) is 0 Å². The van der Waals surface area contributed by atoms with E-state index in [1.165, 1.54) is 32.1 Å². The smallest absolute Gasteiger partial charge is 0.0587 e. The SMILES string of the molecule is CCCC(CNCCOC)CC(CC)CC. The minimum atomic E-state index is 0.823. The molecule has 0 saturated carbocycles. The third kappa shape index (κ3) is 8.12. The summed E-state index contributed by atoms with van der Waals surface area (Å²) in [6.45, 7) is 9.89. The molecule has 0 aliphatic heterocycles. The molecule has 0 heterocycles. The average molecular weight is 229 g/mol. The molecule has 0 radical (unpaired) electrons. The molecule has 0 aromatic heterocycles. The molecule has 16 heavy (non-hydrogen) atoms. The van der Waals surface area contributed by atoms with Crippen molar-refractivity contribution in [2.75, 3.05) is 26.8 Å². The van der Waals surface area contributed by atoms with Gasteiger partial charge in [-0.2, -0.15) is 0 Å². The standard InChI is InChI=1S/C14H31NO/c1-5-8-14(11-13(6-2)7-3)12-15-9-10-16-4/h13-15H,5-12H2,1-4H3. The van der Waals surface area contributed by atoms with E-state index in [0.717, 1.165) is 31.5 Å². The molecule has 0 spiro atoms. The lowest BCUT2D eigenvalue weighted by molar-refractivity contribution is 0.196. The van der Waals surface area contributed by atoms with Crippen LogP contribution in [0.4, 0.5) is 0 Å². The lowest BCUT2D eigenvalue weighted by atomic mass is 9.88. The van der Waals surface area contributed by atoms with Crippen LogP contribution in [0.25, 0.3) is 0 Å². The molecule has 0 saturated heterocycles. The molecular weight excluding hydrogens is 198 g/mol. The molecule has 0 aromatic carbocycles. The highest BCUT2D eigenvalue weighted by Gasteiger charge is 2.12. The van der Waals surface area contributed by atoms with Crippen molar-refractivity contribution in [1.82, 2.24) is 5.32 Å². The van der Waals surface area contributed by atoms with Gasteiger partial charge in [-0.15, -0.1) is 0 Å². The third-order valence-electron chi connectivity index (χ3n) is 3.43. The summed E-state index contributed by atoms with van der Waals surface area (Å²) in [5.74, 6) is 1.77. The van der Waals surface area contributed by atoms with Gasteiger partial charge in [-0.1, -0.05) is 40.0 Å². The van der Waals surface area contributed by atoms with E-state index in [4.69, 9.17) is 4.74 Å². The number of rotatable bonds is 11. The molecule has 1 unspecified atom stereocenters. The summed E-state index contributed by atoms with van der Waals surface area (Å²) in [5.41, 5.74) is 0. The van der Waals surface area contributed by atoms with Crippen LogP contribution in [0, 0.1) is 11.8 Å². The Labute approximate surface area is 102 Å². The van der Waals surface area contributed by atoms with Crippen LogP contribution in [0.2, 0.25) is 0 Å².